The van der Waals surface area contributed by atoms with Crippen molar-refractivity contribution in [3.63, 3.8) is 0 Å². The van der Waals surface area contributed by atoms with E-state index in [1.165, 1.54) is 6.92 Å². The number of nitrogens with zero attached hydrogens (tertiary/aromatic N) is 1. The van der Waals surface area contributed by atoms with Crippen molar-refractivity contribution in [3.8, 4) is 0 Å². The van der Waals surface area contributed by atoms with Crippen molar-refractivity contribution in [1.29, 1.82) is 0 Å². The summed E-state index contributed by atoms with van der Waals surface area (Å²) in [6.07, 6.45) is 0. The maximum Gasteiger partial charge on any atom is 0.346 e. The van der Waals surface area contributed by atoms with E-state index in [-0.39, 0.29) is 0 Å². The monoisotopic (exact) mass is 116 g/mol. The lowest BCUT2D eigenvalue weighted by molar-refractivity contribution is -0.142. The summed E-state index contributed by atoms with van der Waals surface area (Å²) in [5.74, 6) is -1.17. The van der Waals surface area contributed by atoms with Gasteiger partial charge in [0.1, 0.15) is 0 Å². The molecule has 0 fully saturated rings. The number of aliphatic imine (C=N–C) groups is 1. The molecular weight excluding hydrogens is 108 g/mol. The average molecular weight is 116 g/mol. The summed E-state index contributed by atoms with van der Waals surface area (Å²) in [4.78, 5) is 13.1. The van der Waals surface area contributed by atoms with Gasteiger partial charge in [0.05, 0.1) is 0 Å². The molecule has 8 heavy (non-hydrogen) atoms. The van der Waals surface area contributed by atoms with Crippen LogP contribution in [0, 0.1) is 0 Å². The smallest absolute Gasteiger partial charge is 0.346 e. The predicted molar refractivity (Wildman–Crippen MR) is 29.8 cm³/mol. The van der Waals surface area contributed by atoms with Crippen molar-refractivity contribution in [1.82, 2.24) is 0 Å². The fraction of sp³-hybridized carbons (Fsp3) is 0.500. The molecular formula is C4H8N2O2. The van der Waals surface area contributed by atoms with Gasteiger partial charge in [-0.1, -0.05) is 0 Å². The SMILES string of the molecule is C=NC(C)(N)C(=O)O. The van der Waals surface area contributed by atoms with Gasteiger partial charge in [-0.05, 0) is 13.6 Å². The molecule has 0 aromatic carbocycles. The second-order valence-electron chi connectivity index (χ2n) is 1.61. The Morgan fingerprint density at radius 1 is 2.00 bits per heavy atom. The molecule has 0 saturated heterocycles. The number of carboxylic acid groups (broad SMARTS) is 1. The van der Waals surface area contributed by atoms with Crippen LogP contribution in [0.25, 0.3) is 0 Å². The van der Waals surface area contributed by atoms with Gasteiger partial charge in [-0.3, -0.25) is 10.7 Å². The highest BCUT2D eigenvalue weighted by molar-refractivity contribution is 5.78. The van der Waals surface area contributed by atoms with Crippen LogP contribution >= 0.6 is 0 Å². The number of hydrogen-bond acceptors (Lipinski definition) is 3. The molecule has 0 radical (unpaired) electrons. The van der Waals surface area contributed by atoms with Crippen LogP contribution in [0.15, 0.2) is 4.99 Å². The first-order valence-corrected chi connectivity index (χ1v) is 2.01. The third-order valence-electron chi connectivity index (χ3n) is 0.761. The molecule has 0 amide bonds. The highest BCUT2D eigenvalue weighted by Gasteiger charge is 2.24. The number of hydrogen-bond donors (Lipinski definition) is 2. The van der Waals surface area contributed by atoms with E-state index in [1.807, 2.05) is 0 Å². The summed E-state index contributed by atoms with van der Waals surface area (Å²) in [6.45, 7) is 4.26. The van der Waals surface area contributed by atoms with E-state index in [0.717, 1.165) is 0 Å². The summed E-state index contributed by atoms with van der Waals surface area (Å²) >= 11 is 0. The minimum atomic E-state index is -1.53. The molecule has 4 heteroatoms. The molecule has 0 aromatic rings. The number of nitrogens with two attached hydrogens (primary N) is 1. The molecule has 0 aliphatic rings. The molecule has 0 aliphatic heterocycles. The van der Waals surface area contributed by atoms with Crippen molar-refractivity contribution in [3.05, 3.63) is 0 Å². The van der Waals surface area contributed by atoms with Gasteiger partial charge in [0.2, 0.25) is 5.66 Å². The molecule has 46 valence electrons. The molecule has 4 nitrogen and oxygen atoms in total. The van der Waals surface area contributed by atoms with Crippen molar-refractivity contribution < 1.29 is 9.90 Å². The Bertz CT molecular complexity index is 119. The lowest BCUT2D eigenvalue weighted by atomic mass is 10.2. The van der Waals surface area contributed by atoms with Crippen LogP contribution in [0.1, 0.15) is 6.92 Å². The van der Waals surface area contributed by atoms with Crippen LogP contribution in [-0.4, -0.2) is 23.5 Å². The van der Waals surface area contributed by atoms with Gasteiger partial charge in [0.25, 0.3) is 0 Å². The van der Waals surface area contributed by atoms with E-state index in [9.17, 15) is 4.79 Å². The van der Waals surface area contributed by atoms with Crippen molar-refractivity contribution in [2.24, 2.45) is 10.7 Å². The normalized spacial score (nSPS) is 16.8. The van der Waals surface area contributed by atoms with Gasteiger partial charge in [0.15, 0.2) is 0 Å². The van der Waals surface area contributed by atoms with E-state index in [1.54, 1.807) is 0 Å². The summed E-state index contributed by atoms with van der Waals surface area (Å²) in [5.41, 5.74) is 3.50. The lowest BCUT2D eigenvalue weighted by Crippen LogP contribution is -2.42. The van der Waals surface area contributed by atoms with Crippen LogP contribution in [0.2, 0.25) is 0 Å². The van der Waals surface area contributed by atoms with Crippen molar-refractivity contribution in [2.45, 2.75) is 12.6 Å². The number of aliphatic carboxylic acids is 1. The van der Waals surface area contributed by atoms with E-state index in [4.69, 9.17) is 10.8 Å². The Labute approximate surface area is 47.0 Å². The van der Waals surface area contributed by atoms with E-state index in [0.29, 0.717) is 0 Å². The minimum absolute atomic E-state index is 1.17. The van der Waals surface area contributed by atoms with Gasteiger partial charge in [-0.2, -0.15) is 0 Å². The molecule has 1 atom stereocenters. The Morgan fingerprint density at radius 2 is 2.38 bits per heavy atom. The quantitative estimate of drug-likeness (QED) is 0.475. The first kappa shape index (κ1) is 7.10. The van der Waals surface area contributed by atoms with Gasteiger partial charge in [-0.15, -0.1) is 0 Å². The molecule has 0 bridgehead atoms. The summed E-state index contributed by atoms with van der Waals surface area (Å²) in [7, 11) is 0. The molecule has 3 N–H and O–H groups in total. The fourth-order valence-electron chi connectivity index (χ4n) is 0.0676. The maximum atomic E-state index is 9.99. The molecule has 0 spiro atoms. The zero-order chi connectivity index (χ0) is 6.78. The second kappa shape index (κ2) is 1.92. The van der Waals surface area contributed by atoms with Crippen LogP contribution in [0.4, 0.5) is 0 Å². The van der Waals surface area contributed by atoms with Crippen molar-refractivity contribution >= 4 is 12.7 Å². The Kier molecular flexibility index (Phi) is 1.70. The summed E-state index contributed by atoms with van der Waals surface area (Å²) in [6, 6.07) is 0. The molecule has 0 rings (SSSR count). The average Bonchev–Trinajstić information content (AvgIpc) is 1.67. The zero-order valence-corrected chi connectivity index (χ0v) is 4.59. The third kappa shape index (κ3) is 1.31. The van der Waals surface area contributed by atoms with E-state index >= 15 is 0 Å². The highest BCUT2D eigenvalue weighted by atomic mass is 16.4. The van der Waals surface area contributed by atoms with Crippen LogP contribution < -0.4 is 5.73 Å². The third-order valence-corrected chi connectivity index (χ3v) is 0.761. The number of rotatable bonds is 2. The molecule has 0 aliphatic carbocycles. The Hall–Kier alpha value is -0.900. The van der Waals surface area contributed by atoms with Crippen LogP contribution in [-0.2, 0) is 4.79 Å². The molecule has 0 aromatic heterocycles. The molecule has 1 unspecified atom stereocenters. The largest absolute Gasteiger partial charge is 0.478 e. The van der Waals surface area contributed by atoms with E-state index < -0.39 is 11.6 Å². The van der Waals surface area contributed by atoms with Gasteiger partial charge < -0.3 is 5.11 Å². The minimum Gasteiger partial charge on any atom is -0.478 e. The van der Waals surface area contributed by atoms with Gasteiger partial charge in [-0.25, -0.2) is 4.79 Å². The molecule has 0 heterocycles. The summed E-state index contributed by atoms with van der Waals surface area (Å²) < 4.78 is 0. The topological polar surface area (TPSA) is 75.7 Å². The predicted octanol–water partition coefficient (Wildman–Crippen LogP) is -0.553. The van der Waals surface area contributed by atoms with E-state index in [2.05, 4.69) is 11.7 Å². The first-order chi connectivity index (χ1) is 3.50. The van der Waals surface area contributed by atoms with Crippen molar-refractivity contribution in [2.75, 3.05) is 0 Å². The maximum absolute atomic E-state index is 9.99. The lowest BCUT2D eigenvalue weighted by Gasteiger charge is -2.10. The Morgan fingerprint density at radius 3 is 2.38 bits per heavy atom. The number of carboxylic acids is 1. The van der Waals surface area contributed by atoms with Gasteiger partial charge >= 0.3 is 5.97 Å². The van der Waals surface area contributed by atoms with Gasteiger partial charge in [0, 0.05) is 0 Å². The summed E-state index contributed by atoms with van der Waals surface area (Å²) in [5, 5.41) is 8.18. The first-order valence-electron chi connectivity index (χ1n) is 2.01. The number of carbonyl (C=O) groups is 1. The molecule has 0 saturated carbocycles. The van der Waals surface area contributed by atoms with Crippen LogP contribution in [0.5, 0.6) is 0 Å². The Balaban J connectivity index is 4.12. The fourth-order valence-corrected chi connectivity index (χ4v) is 0.0676. The standard InChI is InChI=1S/C4H8N2O2/c1-4(5,6-2)3(7)8/h2,5H2,1H3,(H,7,8). The second-order valence-corrected chi connectivity index (χ2v) is 1.61. The highest BCUT2D eigenvalue weighted by Crippen LogP contribution is 1.97. The zero-order valence-electron chi connectivity index (χ0n) is 4.59. The van der Waals surface area contributed by atoms with Crippen LogP contribution in [0.3, 0.4) is 0 Å².